The van der Waals surface area contributed by atoms with Gasteiger partial charge in [0.05, 0.1) is 22.2 Å². The first-order chi connectivity index (χ1) is 18.5. The van der Waals surface area contributed by atoms with E-state index in [1.807, 2.05) is 0 Å². The van der Waals surface area contributed by atoms with Gasteiger partial charge in [0.25, 0.3) is 11.8 Å². The molecule has 2 atom stereocenters. The Bertz CT molecular complexity index is 1180. The number of aliphatic hydroxyl groups is 1. The molecule has 2 fully saturated rings. The topological polar surface area (TPSA) is 107 Å². The number of carbonyl (C=O) groups is 2. The van der Waals surface area contributed by atoms with Gasteiger partial charge in [0.1, 0.15) is 11.9 Å². The van der Waals surface area contributed by atoms with Gasteiger partial charge in [0.15, 0.2) is 5.01 Å². The zero-order valence-corrected chi connectivity index (χ0v) is 22.7. The maximum absolute atomic E-state index is 14.3. The van der Waals surface area contributed by atoms with Crippen LogP contribution in [0, 0.1) is 0 Å². The Balaban J connectivity index is 1.67. The number of hydrogen-bond acceptors (Lipinski definition) is 7. The Morgan fingerprint density at radius 1 is 1.23 bits per heavy atom. The molecule has 4 rings (SSSR count). The minimum atomic E-state index is -4.90. The van der Waals surface area contributed by atoms with E-state index in [1.54, 1.807) is 0 Å². The lowest BCUT2D eigenvalue weighted by Crippen LogP contribution is -2.46. The van der Waals surface area contributed by atoms with Crippen LogP contribution < -0.4 is 16.0 Å². The van der Waals surface area contributed by atoms with Crippen LogP contribution in [0.15, 0.2) is 17.8 Å². The molecule has 2 amide bonds. The third-order valence-corrected chi connectivity index (χ3v) is 7.90. The van der Waals surface area contributed by atoms with Gasteiger partial charge in [-0.3, -0.25) is 14.9 Å². The monoisotopic (exact) mass is 595 g/mol. The van der Waals surface area contributed by atoms with Crippen molar-refractivity contribution in [3.8, 4) is 0 Å². The molecule has 0 radical (unpaired) electrons. The number of rotatable bonds is 7. The van der Waals surface area contributed by atoms with Crippen molar-refractivity contribution in [2.75, 3.05) is 19.6 Å². The first-order valence-electron chi connectivity index (χ1n) is 12.9. The summed E-state index contributed by atoms with van der Waals surface area (Å²) in [6, 6.07) is -0.696. The smallest absolute Gasteiger partial charge is 0.389 e. The predicted octanol–water partition coefficient (Wildman–Crippen LogP) is 3.75. The van der Waals surface area contributed by atoms with Crippen molar-refractivity contribution in [3.63, 3.8) is 0 Å². The van der Waals surface area contributed by atoms with E-state index in [9.17, 15) is 41.0 Å². The first-order valence-corrected chi connectivity index (χ1v) is 13.7. The fraction of sp³-hybridized carbons (Fsp3) is 0.640. The number of nitrogens with zero attached hydrogens (tertiary/aromatic N) is 2. The Morgan fingerprint density at radius 3 is 2.48 bits per heavy atom. The molecule has 8 nitrogen and oxygen atoms in total. The molecule has 1 aromatic heterocycles. The normalized spacial score (nSPS) is 23.9. The van der Waals surface area contributed by atoms with Crippen molar-refractivity contribution < 1.29 is 41.0 Å². The summed E-state index contributed by atoms with van der Waals surface area (Å²) >= 11 is 0.576. The van der Waals surface area contributed by atoms with E-state index in [0.717, 1.165) is 12.3 Å². The van der Waals surface area contributed by atoms with Crippen LogP contribution >= 0.6 is 11.3 Å². The highest BCUT2D eigenvalue weighted by atomic mass is 32.1. The minimum Gasteiger partial charge on any atom is -0.389 e. The number of nitrogens with one attached hydrogen (secondary N) is 3. The largest absolute Gasteiger partial charge is 0.416 e. The number of hydrogen-bond donors (Lipinski definition) is 4. The highest BCUT2D eigenvalue weighted by Crippen LogP contribution is 2.42. The molecule has 1 aromatic rings. The lowest BCUT2D eigenvalue weighted by atomic mass is 9.99. The van der Waals surface area contributed by atoms with E-state index in [0.29, 0.717) is 11.3 Å². The summed E-state index contributed by atoms with van der Waals surface area (Å²) in [5, 5.41) is 17.6. The van der Waals surface area contributed by atoms with Crippen molar-refractivity contribution in [2.45, 2.75) is 82.0 Å². The summed E-state index contributed by atoms with van der Waals surface area (Å²) in [5.74, 6) is -4.42. The number of carbonyl (C=O) groups excluding carboxylic acids is 2. The van der Waals surface area contributed by atoms with Gasteiger partial charge in [-0.15, -0.1) is 11.3 Å². The zero-order chi connectivity index (χ0) is 29.5. The molecule has 4 N–H and O–H groups in total. The molecule has 3 heterocycles. The summed E-state index contributed by atoms with van der Waals surface area (Å²) in [5.41, 5.74) is -3.23. The molecule has 1 aliphatic carbocycles. The average molecular weight is 596 g/mol. The highest BCUT2D eigenvalue weighted by molar-refractivity contribution is 7.15. The van der Waals surface area contributed by atoms with Crippen LogP contribution in [-0.2, 0) is 0 Å². The van der Waals surface area contributed by atoms with Crippen LogP contribution in [0.5, 0.6) is 0 Å². The van der Waals surface area contributed by atoms with Gasteiger partial charge in [-0.1, -0.05) is 0 Å². The van der Waals surface area contributed by atoms with Crippen molar-refractivity contribution >= 4 is 28.7 Å². The van der Waals surface area contributed by atoms with Gasteiger partial charge in [0.2, 0.25) is 5.92 Å². The van der Waals surface area contributed by atoms with Gasteiger partial charge in [-0.05, 0) is 39.2 Å². The second-order valence-electron chi connectivity index (χ2n) is 10.9. The third-order valence-electron chi connectivity index (χ3n) is 6.82. The molecular weight excluding hydrogens is 564 g/mol. The minimum absolute atomic E-state index is 0.0362. The standard InChI is InChI=1S/C25H31F6N5O3S/c1-23(2,39)12-33-20(37)21-35-18(22(38)36-7-4-13(26)5-8-36)19(40-21)15-11-32-17(9-16(15)25(29,30)31)34-14-3-6-24(27,28)10-14/h9,11,13-14,17,32,34,39H,3-8,10,12H2,1-2H3,(H,33,37). The molecule has 15 heteroatoms. The maximum atomic E-state index is 14.3. The predicted molar refractivity (Wildman–Crippen MR) is 136 cm³/mol. The van der Waals surface area contributed by atoms with Crippen molar-refractivity contribution in [1.82, 2.24) is 25.8 Å². The number of halogens is 6. The number of piperidine rings is 1. The lowest BCUT2D eigenvalue weighted by molar-refractivity contribution is -0.0877. The van der Waals surface area contributed by atoms with Gasteiger partial charge >= 0.3 is 6.18 Å². The number of allylic oxidation sites excluding steroid dienone is 2. The fourth-order valence-electron chi connectivity index (χ4n) is 4.75. The van der Waals surface area contributed by atoms with Crippen LogP contribution in [0.2, 0.25) is 0 Å². The van der Waals surface area contributed by atoms with Crippen LogP contribution in [0.1, 0.15) is 71.1 Å². The van der Waals surface area contributed by atoms with Crippen LogP contribution in [0.25, 0.3) is 5.57 Å². The first kappa shape index (κ1) is 30.3. The lowest BCUT2D eigenvalue weighted by Gasteiger charge is -2.29. The third kappa shape index (κ3) is 7.35. The maximum Gasteiger partial charge on any atom is 0.416 e. The Morgan fingerprint density at radius 2 is 1.90 bits per heavy atom. The number of aromatic nitrogens is 1. The molecule has 40 heavy (non-hydrogen) atoms. The fourth-order valence-corrected chi connectivity index (χ4v) is 5.75. The Kier molecular flexibility index (Phi) is 8.58. The van der Waals surface area contributed by atoms with E-state index in [2.05, 4.69) is 20.9 Å². The molecule has 2 aliphatic heterocycles. The molecule has 1 saturated heterocycles. The molecular formula is C25H31F6N5O3S. The number of amides is 2. The van der Waals surface area contributed by atoms with E-state index in [1.165, 1.54) is 18.7 Å². The van der Waals surface area contributed by atoms with E-state index in [4.69, 9.17) is 0 Å². The molecule has 3 aliphatic rings. The van der Waals surface area contributed by atoms with Gasteiger partial charge in [-0.25, -0.2) is 18.2 Å². The zero-order valence-electron chi connectivity index (χ0n) is 21.9. The SMILES string of the molecule is CC(C)(O)CNC(=O)c1nc(C(=O)N2CCC(F)CC2)c(C2=CNC(NC3CCC(F)(F)C3)C=C2C(F)(F)F)s1. The summed E-state index contributed by atoms with van der Waals surface area (Å²) < 4.78 is 83.7. The molecule has 222 valence electrons. The van der Waals surface area contributed by atoms with Gasteiger partial charge in [0, 0.05) is 50.3 Å². The van der Waals surface area contributed by atoms with E-state index in [-0.39, 0.29) is 60.9 Å². The number of likely N-dealkylation sites (tertiary alicyclic amines) is 1. The van der Waals surface area contributed by atoms with E-state index >= 15 is 0 Å². The van der Waals surface area contributed by atoms with Crippen molar-refractivity contribution in [1.29, 1.82) is 0 Å². The van der Waals surface area contributed by atoms with Gasteiger partial charge in [-0.2, -0.15) is 13.2 Å². The quantitative estimate of drug-likeness (QED) is 0.358. The van der Waals surface area contributed by atoms with Crippen molar-refractivity contribution in [2.24, 2.45) is 0 Å². The molecule has 0 aromatic carbocycles. The van der Waals surface area contributed by atoms with Crippen LogP contribution in [0.3, 0.4) is 0 Å². The Labute approximate surface area is 230 Å². The summed E-state index contributed by atoms with van der Waals surface area (Å²) in [6.07, 6.45) is -5.88. The molecule has 1 saturated carbocycles. The van der Waals surface area contributed by atoms with Crippen LogP contribution in [-0.4, -0.2) is 82.5 Å². The summed E-state index contributed by atoms with van der Waals surface area (Å²) in [4.78, 5) is 31.3. The number of dihydropyridines is 1. The molecule has 0 spiro atoms. The summed E-state index contributed by atoms with van der Waals surface area (Å²) in [7, 11) is 0. The van der Waals surface area contributed by atoms with E-state index < -0.39 is 65.5 Å². The number of thiazole rings is 1. The van der Waals surface area contributed by atoms with Crippen LogP contribution in [0.4, 0.5) is 26.3 Å². The average Bonchev–Trinajstić information content (AvgIpc) is 3.44. The number of alkyl halides is 6. The highest BCUT2D eigenvalue weighted by Gasteiger charge is 2.43. The summed E-state index contributed by atoms with van der Waals surface area (Å²) in [6.45, 7) is 2.78. The van der Waals surface area contributed by atoms with Gasteiger partial charge < -0.3 is 20.6 Å². The second-order valence-corrected chi connectivity index (χ2v) is 11.9. The Hall–Kier alpha value is -2.65. The van der Waals surface area contributed by atoms with Crippen molar-refractivity contribution in [3.05, 3.63) is 33.4 Å². The molecule has 0 bridgehead atoms. The molecule has 2 unspecified atom stereocenters. The second kappa shape index (κ2) is 11.3.